The molecule has 0 amide bonds. The number of fused-ring (bicyclic) bond motifs is 8. The predicted molar refractivity (Wildman–Crippen MR) is 248 cm³/mol. The zero-order valence-electron chi connectivity index (χ0n) is 32.7. The fourth-order valence-electron chi connectivity index (χ4n) is 9.95. The molecule has 60 heavy (non-hydrogen) atoms. The van der Waals surface area contributed by atoms with E-state index in [1.54, 1.807) is 0 Å². The van der Waals surface area contributed by atoms with E-state index in [0.29, 0.717) is 0 Å². The zero-order chi connectivity index (χ0) is 39.6. The molecule has 0 aliphatic heterocycles. The number of benzene rings is 9. The van der Waals surface area contributed by atoms with Gasteiger partial charge >= 0.3 is 0 Å². The molecule has 0 saturated heterocycles. The Balaban J connectivity index is 1.02. The van der Waals surface area contributed by atoms with Crippen LogP contribution in [-0.4, -0.2) is 4.40 Å². The highest BCUT2D eigenvalue weighted by molar-refractivity contribution is 6.08. The maximum absolute atomic E-state index is 6.94. The first-order valence-corrected chi connectivity index (χ1v) is 20.6. The van der Waals surface area contributed by atoms with Crippen LogP contribution in [0.1, 0.15) is 22.3 Å². The van der Waals surface area contributed by atoms with Crippen molar-refractivity contribution in [2.75, 3.05) is 4.90 Å². The quantitative estimate of drug-likeness (QED) is 0.161. The molecule has 11 aromatic rings. The number of hydrogen-bond donors (Lipinski definition) is 0. The van der Waals surface area contributed by atoms with Gasteiger partial charge in [0.2, 0.25) is 5.71 Å². The molecule has 0 spiro atoms. The van der Waals surface area contributed by atoms with Gasteiger partial charge in [-0.15, -0.1) is 0 Å². The molecule has 3 heteroatoms. The topological polar surface area (TPSA) is 20.8 Å². The van der Waals surface area contributed by atoms with Gasteiger partial charge in [-0.25, -0.2) is 0 Å². The number of oxazole rings is 1. The van der Waals surface area contributed by atoms with Crippen LogP contribution >= 0.6 is 0 Å². The molecule has 0 atom stereocenters. The zero-order valence-corrected chi connectivity index (χ0v) is 32.7. The first kappa shape index (κ1) is 34.2. The molecular weight excluding hydrogens is 729 g/mol. The van der Waals surface area contributed by atoms with Crippen molar-refractivity contribution in [2.24, 2.45) is 0 Å². The van der Waals surface area contributed by atoms with Gasteiger partial charge in [-0.2, -0.15) is 0 Å². The van der Waals surface area contributed by atoms with Crippen molar-refractivity contribution in [3.63, 3.8) is 0 Å². The molecule has 0 bridgehead atoms. The fourth-order valence-corrected chi connectivity index (χ4v) is 9.95. The standard InChI is InChI=1S/C57H38N2O/c1-5-18-40(19-6-1)54-49-27-14-16-30-52(49)59-53-31-17-28-46(55(53)60-56(54)59)39-32-34-44(35-33-39)58(43-24-11-4-12-25-43)45-36-37-48-47-26-13-15-29-50(47)57(51(48)38-45,41-20-7-2-8-21-41)42-22-9-3-10-23-42/h1-38H. The molecule has 1 aliphatic carbocycles. The molecule has 0 radical (unpaired) electrons. The minimum Gasteiger partial charge on any atom is -0.437 e. The van der Waals surface area contributed by atoms with E-state index in [1.807, 2.05) is 0 Å². The Hall–Kier alpha value is -7.88. The minimum atomic E-state index is -0.491. The second-order valence-electron chi connectivity index (χ2n) is 15.6. The lowest BCUT2D eigenvalue weighted by atomic mass is 9.67. The van der Waals surface area contributed by atoms with Crippen LogP contribution in [0.25, 0.3) is 61.1 Å². The normalized spacial score (nSPS) is 12.8. The number of anilines is 3. The van der Waals surface area contributed by atoms with Crippen molar-refractivity contribution in [3.05, 3.63) is 253 Å². The second kappa shape index (κ2) is 13.6. The second-order valence-corrected chi connectivity index (χ2v) is 15.6. The SMILES string of the molecule is c1ccc(-c2c3ccccc3n3c2oc2c(-c4ccc(N(c5ccccc5)c5ccc6c(c5)C(c5ccccc5)(c5ccccc5)c5ccccc5-6)cc4)cccc23)cc1. The van der Waals surface area contributed by atoms with E-state index in [1.165, 1.54) is 38.8 Å². The molecule has 0 unspecified atom stereocenters. The van der Waals surface area contributed by atoms with Crippen LogP contribution in [0.5, 0.6) is 0 Å². The molecule has 2 heterocycles. The van der Waals surface area contributed by atoms with Crippen LogP contribution in [0.3, 0.4) is 0 Å². The summed E-state index contributed by atoms with van der Waals surface area (Å²) >= 11 is 0. The summed E-state index contributed by atoms with van der Waals surface area (Å²) in [4.78, 5) is 2.38. The third kappa shape index (κ3) is 5.03. The Morgan fingerprint density at radius 3 is 1.67 bits per heavy atom. The molecule has 3 nitrogen and oxygen atoms in total. The summed E-state index contributed by atoms with van der Waals surface area (Å²) in [6.07, 6.45) is 0. The maximum Gasteiger partial charge on any atom is 0.213 e. The monoisotopic (exact) mass is 766 g/mol. The lowest BCUT2D eigenvalue weighted by molar-refractivity contribution is 0.659. The van der Waals surface area contributed by atoms with Gasteiger partial charge in [-0.3, -0.25) is 4.40 Å². The van der Waals surface area contributed by atoms with Crippen LogP contribution in [-0.2, 0) is 5.41 Å². The van der Waals surface area contributed by atoms with Gasteiger partial charge in [-0.1, -0.05) is 182 Å². The van der Waals surface area contributed by atoms with Crippen molar-refractivity contribution >= 4 is 44.8 Å². The minimum absolute atomic E-state index is 0.491. The number of rotatable bonds is 7. The molecule has 9 aromatic carbocycles. The van der Waals surface area contributed by atoms with E-state index in [2.05, 4.69) is 240 Å². The van der Waals surface area contributed by atoms with Crippen molar-refractivity contribution in [3.8, 4) is 33.4 Å². The Morgan fingerprint density at radius 2 is 0.933 bits per heavy atom. The summed E-state index contributed by atoms with van der Waals surface area (Å²) in [6, 6.07) is 83.3. The third-order valence-electron chi connectivity index (χ3n) is 12.5. The fraction of sp³-hybridized carbons (Fsp3) is 0.0175. The van der Waals surface area contributed by atoms with Crippen molar-refractivity contribution < 1.29 is 4.42 Å². The van der Waals surface area contributed by atoms with Crippen LogP contribution < -0.4 is 4.90 Å². The first-order valence-electron chi connectivity index (χ1n) is 20.6. The number of para-hydroxylation sites is 3. The highest BCUT2D eigenvalue weighted by Gasteiger charge is 2.46. The maximum atomic E-state index is 6.94. The average Bonchev–Trinajstić information content (AvgIpc) is 3.96. The summed E-state index contributed by atoms with van der Waals surface area (Å²) < 4.78 is 9.22. The van der Waals surface area contributed by atoms with E-state index >= 15 is 0 Å². The molecule has 282 valence electrons. The summed E-state index contributed by atoms with van der Waals surface area (Å²) in [7, 11) is 0. The molecule has 0 fully saturated rings. The van der Waals surface area contributed by atoms with Crippen LogP contribution in [0.4, 0.5) is 17.1 Å². The highest BCUT2D eigenvalue weighted by atomic mass is 16.3. The Kier molecular flexibility index (Phi) is 7.76. The van der Waals surface area contributed by atoms with Gasteiger partial charge in [0, 0.05) is 28.0 Å². The van der Waals surface area contributed by atoms with Crippen LogP contribution in [0.15, 0.2) is 235 Å². The highest BCUT2D eigenvalue weighted by Crippen LogP contribution is 2.57. The number of nitrogens with zero attached hydrogens (tertiary/aromatic N) is 2. The lowest BCUT2D eigenvalue weighted by Crippen LogP contribution is -2.28. The van der Waals surface area contributed by atoms with Crippen molar-refractivity contribution in [1.82, 2.24) is 4.40 Å². The molecule has 12 rings (SSSR count). The Labute approximate surface area is 348 Å². The van der Waals surface area contributed by atoms with E-state index in [4.69, 9.17) is 4.42 Å². The van der Waals surface area contributed by atoms with Gasteiger partial charge in [0.05, 0.1) is 22.0 Å². The summed E-state index contributed by atoms with van der Waals surface area (Å²) in [5, 5.41) is 1.18. The smallest absolute Gasteiger partial charge is 0.213 e. The molecule has 0 saturated carbocycles. The van der Waals surface area contributed by atoms with Crippen LogP contribution in [0.2, 0.25) is 0 Å². The molecule has 1 aliphatic rings. The largest absolute Gasteiger partial charge is 0.437 e. The molecule has 2 aromatic heterocycles. The van der Waals surface area contributed by atoms with Gasteiger partial charge in [0.15, 0.2) is 5.58 Å². The first-order chi connectivity index (χ1) is 29.8. The Morgan fingerprint density at radius 1 is 0.383 bits per heavy atom. The summed E-state index contributed by atoms with van der Waals surface area (Å²) in [5.41, 5.74) is 18.7. The molecular formula is C57H38N2O. The number of hydrogen-bond acceptors (Lipinski definition) is 2. The van der Waals surface area contributed by atoms with Gasteiger partial charge in [0.25, 0.3) is 0 Å². The van der Waals surface area contributed by atoms with E-state index in [9.17, 15) is 0 Å². The summed E-state index contributed by atoms with van der Waals surface area (Å²) in [5.74, 6) is 0. The van der Waals surface area contributed by atoms with Gasteiger partial charge in [-0.05, 0) is 93.0 Å². The predicted octanol–water partition coefficient (Wildman–Crippen LogP) is 15.0. The van der Waals surface area contributed by atoms with E-state index in [0.717, 1.165) is 61.6 Å². The third-order valence-corrected chi connectivity index (χ3v) is 12.5. The van der Waals surface area contributed by atoms with E-state index < -0.39 is 5.41 Å². The summed E-state index contributed by atoms with van der Waals surface area (Å²) in [6.45, 7) is 0. The van der Waals surface area contributed by atoms with Crippen molar-refractivity contribution in [1.29, 1.82) is 0 Å². The van der Waals surface area contributed by atoms with Crippen LogP contribution in [0, 0.1) is 0 Å². The molecule has 0 N–H and O–H groups in total. The van der Waals surface area contributed by atoms with Crippen molar-refractivity contribution in [2.45, 2.75) is 5.41 Å². The number of aromatic nitrogens is 1. The lowest BCUT2D eigenvalue weighted by Gasteiger charge is -2.35. The van der Waals surface area contributed by atoms with Gasteiger partial charge in [0.1, 0.15) is 0 Å². The average molecular weight is 767 g/mol. The van der Waals surface area contributed by atoms with E-state index in [-0.39, 0.29) is 0 Å². The Bertz CT molecular complexity index is 3310. The van der Waals surface area contributed by atoms with Gasteiger partial charge < -0.3 is 9.32 Å².